The van der Waals surface area contributed by atoms with E-state index in [-0.39, 0.29) is 0 Å². The lowest BCUT2D eigenvalue weighted by atomic mass is 10.1. The van der Waals surface area contributed by atoms with E-state index in [4.69, 9.17) is 5.26 Å². The van der Waals surface area contributed by atoms with Crippen molar-refractivity contribution in [2.75, 3.05) is 12.3 Å². The molecular weight excluding hydrogens is 228 g/mol. The van der Waals surface area contributed by atoms with Gasteiger partial charge in [-0.1, -0.05) is 26.0 Å². The van der Waals surface area contributed by atoms with Crippen LogP contribution in [-0.4, -0.2) is 17.5 Å². The molecule has 0 saturated heterocycles. The van der Waals surface area contributed by atoms with Gasteiger partial charge in [0, 0.05) is 18.3 Å². The van der Waals surface area contributed by atoms with Crippen molar-refractivity contribution in [1.82, 2.24) is 5.32 Å². The fourth-order valence-corrected chi connectivity index (χ4v) is 2.24. The number of nitriles is 1. The fourth-order valence-electron chi connectivity index (χ4n) is 1.53. The van der Waals surface area contributed by atoms with Crippen molar-refractivity contribution in [3.05, 3.63) is 35.4 Å². The monoisotopic (exact) mass is 248 g/mol. The summed E-state index contributed by atoms with van der Waals surface area (Å²) in [5, 5.41) is 12.9. The molecule has 0 heterocycles. The molecular formula is C14H20N2S. The van der Waals surface area contributed by atoms with Gasteiger partial charge in [0.25, 0.3) is 0 Å². The van der Waals surface area contributed by atoms with Crippen LogP contribution in [0.4, 0.5) is 0 Å². The summed E-state index contributed by atoms with van der Waals surface area (Å²) < 4.78 is 0. The fraction of sp³-hybridized carbons (Fsp3) is 0.500. The molecule has 1 aromatic rings. The average Bonchev–Trinajstić information content (AvgIpc) is 2.34. The summed E-state index contributed by atoms with van der Waals surface area (Å²) in [5.74, 6) is 1.14. The van der Waals surface area contributed by atoms with Gasteiger partial charge in [-0.3, -0.25) is 0 Å². The number of nitrogens with zero attached hydrogens (tertiary/aromatic N) is 1. The van der Waals surface area contributed by atoms with Gasteiger partial charge in [-0.15, -0.1) is 0 Å². The Morgan fingerprint density at radius 3 is 2.41 bits per heavy atom. The Labute approximate surface area is 108 Å². The first-order chi connectivity index (χ1) is 8.13. The first kappa shape index (κ1) is 14.1. The molecule has 0 aromatic heterocycles. The number of nitrogens with one attached hydrogen (secondary N) is 1. The third-order valence-corrected chi connectivity index (χ3v) is 3.65. The SMILES string of the molecule is CC(C)SCCN[C@H](C)c1ccc(C#N)cc1. The molecule has 0 aliphatic rings. The molecule has 3 heteroatoms. The van der Waals surface area contributed by atoms with Gasteiger partial charge in [0.2, 0.25) is 0 Å². The van der Waals surface area contributed by atoms with Crippen molar-refractivity contribution in [3.8, 4) is 6.07 Å². The third kappa shape index (κ3) is 5.25. The van der Waals surface area contributed by atoms with Crippen molar-refractivity contribution in [1.29, 1.82) is 5.26 Å². The Morgan fingerprint density at radius 1 is 1.24 bits per heavy atom. The van der Waals surface area contributed by atoms with Crippen LogP contribution in [0.25, 0.3) is 0 Å². The standard InChI is InChI=1S/C14H20N2S/c1-11(2)17-9-8-16-12(3)14-6-4-13(10-15)5-7-14/h4-7,11-12,16H,8-9H2,1-3H3/t12-/m1/s1. The van der Waals surface area contributed by atoms with Crippen molar-refractivity contribution in [3.63, 3.8) is 0 Å². The van der Waals surface area contributed by atoms with Crippen LogP contribution in [0.15, 0.2) is 24.3 Å². The molecule has 0 saturated carbocycles. The molecule has 0 amide bonds. The Bertz CT molecular complexity index is 365. The summed E-state index contributed by atoms with van der Waals surface area (Å²) in [5.41, 5.74) is 1.95. The highest BCUT2D eigenvalue weighted by Crippen LogP contribution is 2.13. The maximum Gasteiger partial charge on any atom is 0.0991 e. The van der Waals surface area contributed by atoms with Crippen LogP contribution >= 0.6 is 11.8 Å². The number of rotatable bonds is 6. The van der Waals surface area contributed by atoms with E-state index in [9.17, 15) is 0 Å². The number of hydrogen-bond acceptors (Lipinski definition) is 3. The number of hydrogen-bond donors (Lipinski definition) is 1. The highest BCUT2D eigenvalue weighted by Gasteiger charge is 2.04. The minimum absolute atomic E-state index is 0.343. The maximum atomic E-state index is 8.72. The zero-order valence-corrected chi connectivity index (χ0v) is 11.6. The van der Waals surface area contributed by atoms with Crippen LogP contribution < -0.4 is 5.32 Å². The Kier molecular flexibility index (Phi) is 6.10. The summed E-state index contributed by atoms with van der Waals surface area (Å²) in [6, 6.07) is 10.3. The second kappa shape index (κ2) is 7.37. The van der Waals surface area contributed by atoms with E-state index in [2.05, 4.69) is 32.2 Å². The largest absolute Gasteiger partial charge is 0.309 e. The zero-order valence-electron chi connectivity index (χ0n) is 10.7. The molecule has 2 nitrogen and oxygen atoms in total. The van der Waals surface area contributed by atoms with Gasteiger partial charge < -0.3 is 5.32 Å². The van der Waals surface area contributed by atoms with Gasteiger partial charge in [0.1, 0.15) is 0 Å². The molecule has 92 valence electrons. The summed E-state index contributed by atoms with van der Waals surface area (Å²) in [4.78, 5) is 0. The molecule has 0 aliphatic carbocycles. The summed E-state index contributed by atoms with van der Waals surface area (Å²) in [6.45, 7) is 7.61. The van der Waals surface area contributed by atoms with Gasteiger partial charge in [-0.25, -0.2) is 0 Å². The molecule has 1 rings (SSSR count). The predicted octanol–water partition coefficient (Wildman–Crippen LogP) is 3.35. The van der Waals surface area contributed by atoms with Crippen LogP contribution in [0.1, 0.15) is 37.9 Å². The Morgan fingerprint density at radius 2 is 1.88 bits per heavy atom. The quantitative estimate of drug-likeness (QED) is 0.784. The van der Waals surface area contributed by atoms with Gasteiger partial charge in [-0.2, -0.15) is 17.0 Å². The summed E-state index contributed by atoms with van der Waals surface area (Å²) >= 11 is 1.97. The molecule has 0 radical (unpaired) electrons. The van der Waals surface area contributed by atoms with E-state index in [1.807, 2.05) is 36.0 Å². The molecule has 0 spiro atoms. The second-order valence-corrected chi connectivity index (χ2v) is 6.01. The average molecular weight is 248 g/mol. The van der Waals surface area contributed by atoms with Crippen LogP contribution in [0.2, 0.25) is 0 Å². The predicted molar refractivity (Wildman–Crippen MR) is 75.2 cm³/mol. The molecule has 17 heavy (non-hydrogen) atoms. The topological polar surface area (TPSA) is 35.8 Å². The minimum Gasteiger partial charge on any atom is -0.309 e. The highest BCUT2D eigenvalue weighted by atomic mass is 32.2. The van der Waals surface area contributed by atoms with Gasteiger partial charge in [-0.05, 0) is 29.9 Å². The Hall–Kier alpha value is -0.980. The highest BCUT2D eigenvalue weighted by molar-refractivity contribution is 7.99. The third-order valence-electron chi connectivity index (χ3n) is 2.54. The van der Waals surface area contributed by atoms with Crippen LogP contribution in [0.5, 0.6) is 0 Å². The second-order valence-electron chi connectivity index (χ2n) is 4.33. The van der Waals surface area contributed by atoms with E-state index in [0.717, 1.165) is 17.9 Å². The van der Waals surface area contributed by atoms with E-state index < -0.39 is 0 Å². The van der Waals surface area contributed by atoms with Crippen molar-refractivity contribution in [2.24, 2.45) is 0 Å². The van der Waals surface area contributed by atoms with E-state index in [1.165, 1.54) is 5.56 Å². The normalized spacial score (nSPS) is 12.4. The van der Waals surface area contributed by atoms with E-state index in [0.29, 0.717) is 11.3 Å². The van der Waals surface area contributed by atoms with Crippen molar-refractivity contribution < 1.29 is 0 Å². The summed E-state index contributed by atoms with van der Waals surface area (Å²) in [6.07, 6.45) is 0. The van der Waals surface area contributed by atoms with E-state index >= 15 is 0 Å². The van der Waals surface area contributed by atoms with Gasteiger partial charge in [0.15, 0.2) is 0 Å². The summed E-state index contributed by atoms with van der Waals surface area (Å²) in [7, 11) is 0. The lowest BCUT2D eigenvalue weighted by Crippen LogP contribution is -2.21. The number of thioether (sulfide) groups is 1. The minimum atomic E-state index is 0.343. The number of benzene rings is 1. The molecule has 0 unspecified atom stereocenters. The molecule has 1 N–H and O–H groups in total. The van der Waals surface area contributed by atoms with Crippen molar-refractivity contribution in [2.45, 2.75) is 32.1 Å². The van der Waals surface area contributed by atoms with Crippen molar-refractivity contribution >= 4 is 11.8 Å². The first-order valence-electron chi connectivity index (χ1n) is 5.98. The lowest BCUT2D eigenvalue weighted by molar-refractivity contribution is 0.601. The van der Waals surface area contributed by atoms with Gasteiger partial charge in [0.05, 0.1) is 11.6 Å². The van der Waals surface area contributed by atoms with E-state index in [1.54, 1.807) is 0 Å². The maximum absolute atomic E-state index is 8.72. The first-order valence-corrected chi connectivity index (χ1v) is 7.03. The molecule has 1 atom stereocenters. The van der Waals surface area contributed by atoms with Crippen LogP contribution in [0.3, 0.4) is 0 Å². The Balaban J connectivity index is 2.36. The zero-order chi connectivity index (χ0) is 12.7. The van der Waals surface area contributed by atoms with Crippen LogP contribution in [-0.2, 0) is 0 Å². The molecule has 0 aliphatic heterocycles. The van der Waals surface area contributed by atoms with Crippen LogP contribution in [0, 0.1) is 11.3 Å². The molecule has 0 bridgehead atoms. The lowest BCUT2D eigenvalue weighted by Gasteiger charge is -2.14. The molecule has 0 fully saturated rings. The van der Waals surface area contributed by atoms with Gasteiger partial charge >= 0.3 is 0 Å². The smallest absolute Gasteiger partial charge is 0.0991 e. The molecule has 1 aromatic carbocycles.